The molecule has 0 unspecified atom stereocenters. The van der Waals surface area contributed by atoms with Crippen molar-refractivity contribution in [2.75, 3.05) is 23.1 Å². The van der Waals surface area contributed by atoms with E-state index < -0.39 is 0 Å². The molecule has 0 aliphatic heterocycles. The summed E-state index contributed by atoms with van der Waals surface area (Å²) in [6.45, 7) is 0.0856. The number of hydrogen-bond donors (Lipinski definition) is 5. The monoisotopic (exact) mass is 210 g/mol. The van der Waals surface area contributed by atoms with Crippen LogP contribution in [-0.4, -0.2) is 27.2 Å². The third-order valence-electron chi connectivity index (χ3n) is 2.44. The predicted octanol–water partition coefficient (Wildman–Crippen LogP) is -0.719. The second-order valence-electron chi connectivity index (χ2n) is 3.70. The fraction of sp³-hybridized carbons (Fsp3) is 0.500. The van der Waals surface area contributed by atoms with Crippen LogP contribution in [0, 0.1) is 0 Å². The molecule has 0 radical (unpaired) electrons. The zero-order valence-electron chi connectivity index (χ0n) is 8.20. The largest absolute Gasteiger partial charge is 0.394 e. The van der Waals surface area contributed by atoms with E-state index in [2.05, 4.69) is 20.7 Å². The van der Waals surface area contributed by atoms with Gasteiger partial charge >= 0.3 is 0 Å². The highest BCUT2D eigenvalue weighted by molar-refractivity contribution is 5.52. The Kier molecular flexibility index (Phi) is 2.33. The number of rotatable bonds is 4. The van der Waals surface area contributed by atoms with Crippen molar-refractivity contribution < 1.29 is 5.11 Å². The van der Waals surface area contributed by atoms with Gasteiger partial charge < -0.3 is 21.6 Å². The van der Waals surface area contributed by atoms with Crippen LogP contribution in [0.1, 0.15) is 12.8 Å². The maximum atomic E-state index is 9.14. The van der Waals surface area contributed by atoms with Crippen LogP contribution in [0.4, 0.5) is 17.6 Å². The molecule has 0 amide bonds. The van der Waals surface area contributed by atoms with E-state index in [1.165, 1.54) is 0 Å². The Morgan fingerprint density at radius 1 is 1.40 bits per heavy atom. The summed E-state index contributed by atoms with van der Waals surface area (Å²) in [5, 5.41) is 12.3. The molecule has 1 aliphatic carbocycles. The Bertz CT molecular complexity index is 364. The Morgan fingerprint density at radius 2 is 2.07 bits per heavy atom. The number of aromatic nitrogens is 2. The number of nitrogens with zero attached hydrogens (tertiary/aromatic N) is 2. The second-order valence-corrected chi connectivity index (χ2v) is 3.70. The van der Waals surface area contributed by atoms with Crippen molar-refractivity contribution in [3.8, 4) is 0 Å². The van der Waals surface area contributed by atoms with Crippen molar-refractivity contribution in [1.29, 1.82) is 0 Å². The molecule has 1 aliphatic rings. The quantitative estimate of drug-likeness (QED) is 0.328. The molecule has 2 rings (SSSR count). The van der Waals surface area contributed by atoms with Crippen molar-refractivity contribution in [3.63, 3.8) is 0 Å². The van der Waals surface area contributed by atoms with Crippen LogP contribution >= 0.6 is 0 Å². The van der Waals surface area contributed by atoms with Crippen LogP contribution in [0.3, 0.4) is 0 Å². The highest BCUT2D eigenvalue weighted by atomic mass is 16.3. The average Bonchev–Trinajstić information content (AvgIpc) is 2.97. The zero-order valence-corrected chi connectivity index (χ0v) is 8.20. The van der Waals surface area contributed by atoms with Gasteiger partial charge in [-0.2, -0.15) is 9.97 Å². The summed E-state index contributed by atoms with van der Waals surface area (Å²) in [7, 11) is 0. The molecular formula is C8H14N6O. The maximum Gasteiger partial charge on any atom is 0.223 e. The molecule has 15 heavy (non-hydrogen) atoms. The van der Waals surface area contributed by atoms with Gasteiger partial charge in [0.15, 0.2) is 0 Å². The standard InChI is InChI=1S/C8H14N6O/c9-7-11-5(3-6(12-7)14-10)13-8(4-15)1-2-8/h3,15H,1-2,4,10H2,(H4,9,11,12,13,14). The first-order valence-corrected chi connectivity index (χ1v) is 4.68. The van der Waals surface area contributed by atoms with Crippen LogP contribution in [0.5, 0.6) is 0 Å². The normalized spacial score (nSPS) is 17.2. The average molecular weight is 210 g/mol. The Balaban J connectivity index is 2.17. The first-order valence-electron chi connectivity index (χ1n) is 4.68. The van der Waals surface area contributed by atoms with Gasteiger partial charge in [0.1, 0.15) is 11.6 Å². The zero-order chi connectivity index (χ0) is 10.9. The summed E-state index contributed by atoms with van der Waals surface area (Å²) in [6.07, 6.45) is 1.86. The van der Waals surface area contributed by atoms with Crippen LogP contribution in [0.2, 0.25) is 0 Å². The minimum Gasteiger partial charge on any atom is -0.394 e. The van der Waals surface area contributed by atoms with E-state index in [0.29, 0.717) is 11.6 Å². The van der Waals surface area contributed by atoms with Gasteiger partial charge in [0.25, 0.3) is 0 Å². The van der Waals surface area contributed by atoms with Gasteiger partial charge in [-0.3, -0.25) is 0 Å². The predicted molar refractivity (Wildman–Crippen MR) is 56.9 cm³/mol. The molecule has 1 aromatic rings. The number of nitrogen functional groups attached to an aromatic ring is 2. The minimum atomic E-state index is -0.230. The van der Waals surface area contributed by atoms with Crippen LogP contribution in [-0.2, 0) is 0 Å². The Labute approximate surface area is 86.9 Å². The van der Waals surface area contributed by atoms with E-state index in [4.69, 9.17) is 16.7 Å². The molecular weight excluding hydrogens is 196 g/mol. The van der Waals surface area contributed by atoms with Gasteiger partial charge in [0.05, 0.1) is 12.1 Å². The Morgan fingerprint density at radius 3 is 2.60 bits per heavy atom. The lowest BCUT2D eigenvalue weighted by molar-refractivity contribution is 0.266. The van der Waals surface area contributed by atoms with E-state index in [9.17, 15) is 0 Å². The molecule has 0 atom stereocenters. The van der Waals surface area contributed by atoms with E-state index in [0.717, 1.165) is 12.8 Å². The summed E-state index contributed by atoms with van der Waals surface area (Å²) >= 11 is 0. The van der Waals surface area contributed by atoms with E-state index in [1.54, 1.807) is 6.07 Å². The fourth-order valence-corrected chi connectivity index (χ4v) is 1.35. The molecule has 1 heterocycles. The molecule has 1 fully saturated rings. The summed E-state index contributed by atoms with van der Waals surface area (Å²) < 4.78 is 0. The third kappa shape index (κ3) is 2.08. The van der Waals surface area contributed by atoms with Gasteiger partial charge in [0.2, 0.25) is 5.95 Å². The molecule has 7 heteroatoms. The first-order chi connectivity index (χ1) is 7.17. The minimum absolute atomic E-state index is 0.0856. The van der Waals surface area contributed by atoms with Gasteiger partial charge in [-0.15, -0.1) is 0 Å². The number of aliphatic hydroxyl groups excluding tert-OH is 1. The lowest BCUT2D eigenvalue weighted by Crippen LogP contribution is -2.26. The van der Waals surface area contributed by atoms with Crippen molar-refractivity contribution >= 4 is 17.6 Å². The van der Waals surface area contributed by atoms with Crippen molar-refractivity contribution in [2.24, 2.45) is 5.84 Å². The highest BCUT2D eigenvalue weighted by Gasteiger charge is 2.42. The number of nitrogens with two attached hydrogens (primary N) is 2. The third-order valence-corrected chi connectivity index (χ3v) is 2.44. The SMILES string of the molecule is NNc1cc(NC2(CO)CC2)nc(N)n1. The first kappa shape index (κ1) is 9.94. The molecule has 7 nitrogen and oxygen atoms in total. The van der Waals surface area contributed by atoms with Gasteiger partial charge in [-0.1, -0.05) is 0 Å². The Hall–Kier alpha value is -1.60. The van der Waals surface area contributed by atoms with E-state index in [1.807, 2.05) is 0 Å². The molecule has 0 spiro atoms. The molecule has 0 saturated heterocycles. The fourth-order valence-electron chi connectivity index (χ4n) is 1.35. The van der Waals surface area contributed by atoms with Gasteiger partial charge in [-0.25, -0.2) is 5.84 Å². The van der Waals surface area contributed by atoms with Gasteiger partial charge in [0, 0.05) is 6.07 Å². The lowest BCUT2D eigenvalue weighted by Gasteiger charge is -2.15. The summed E-state index contributed by atoms with van der Waals surface area (Å²) in [4.78, 5) is 7.86. The van der Waals surface area contributed by atoms with Crippen molar-refractivity contribution in [2.45, 2.75) is 18.4 Å². The number of hydrazine groups is 1. The van der Waals surface area contributed by atoms with Gasteiger partial charge in [-0.05, 0) is 12.8 Å². The maximum absolute atomic E-state index is 9.14. The molecule has 0 bridgehead atoms. The molecule has 1 saturated carbocycles. The molecule has 0 aromatic carbocycles. The topological polar surface area (TPSA) is 122 Å². The number of anilines is 3. The van der Waals surface area contributed by atoms with Crippen LogP contribution in [0.25, 0.3) is 0 Å². The molecule has 82 valence electrons. The van der Waals surface area contributed by atoms with E-state index in [-0.39, 0.29) is 18.1 Å². The van der Waals surface area contributed by atoms with Crippen molar-refractivity contribution in [3.05, 3.63) is 6.07 Å². The van der Waals surface area contributed by atoms with Crippen LogP contribution < -0.4 is 22.3 Å². The highest BCUT2D eigenvalue weighted by Crippen LogP contribution is 2.38. The summed E-state index contributed by atoms with van der Waals surface area (Å²) in [5.74, 6) is 6.38. The second kappa shape index (κ2) is 3.52. The number of nitrogens with one attached hydrogen (secondary N) is 2. The molecule has 7 N–H and O–H groups in total. The molecule has 1 aromatic heterocycles. The number of aliphatic hydroxyl groups is 1. The summed E-state index contributed by atoms with van der Waals surface area (Å²) in [6, 6.07) is 1.64. The van der Waals surface area contributed by atoms with Crippen molar-refractivity contribution in [1.82, 2.24) is 9.97 Å². The number of hydrogen-bond acceptors (Lipinski definition) is 7. The lowest BCUT2D eigenvalue weighted by atomic mass is 10.3. The summed E-state index contributed by atoms with van der Waals surface area (Å²) in [5.41, 5.74) is 7.66. The van der Waals surface area contributed by atoms with E-state index >= 15 is 0 Å². The van der Waals surface area contributed by atoms with Crippen LogP contribution in [0.15, 0.2) is 6.07 Å². The smallest absolute Gasteiger partial charge is 0.223 e.